The minimum Gasteiger partial charge on any atom is -0.348 e. The first-order valence-electron chi connectivity index (χ1n) is 6.30. The summed E-state index contributed by atoms with van der Waals surface area (Å²) < 4.78 is 13.2. The number of nitro benzene ring substituents is 1. The first kappa shape index (κ1) is 19.3. The van der Waals surface area contributed by atoms with Gasteiger partial charge in [0.25, 0.3) is 11.6 Å². The Morgan fingerprint density at radius 1 is 1.48 bits per heavy atom. The fourth-order valence-corrected chi connectivity index (χ4v) is 1.90. The standard InChI is InChI=1S/C13H18FN3O3.ClH/c1-8(2)5-10(7-15)16-13(18)11-6-9(14)3-4-12(11)17(19)20;/h3-4,6,8,10H,5,7,15H2,1-2H3,(H,16,18);1H. The van der Waals surface area contributed by atoms with E-state index in [4.69, 9.17) is 5.73 Å². The van der Waals surface area contributed by atoms with Gasteiger partial charge < -0.3 is 11.1 Å². The van der Waals surface area contributed by atoms with Gasteiger partial charge in [-0.25, -0.2) is 4.39 Å². The Kier molecular flexibility index (Phi) is 7.83. The Morgan fingerprint density at radius 3 is 2.57 bits per heavy atom. The van der Waals surface area contributed by atoms with Crippen molar-refractivity contribution < 1.29 is 14.1 Å². The molecule has 1 unspecified atom stereocenters. The minimum atomic E-state index is -0.714. The molecule has 1 rings (SSSR count). The van der Waals surface area contributed by atoms with Crippen LogP contribution in [0, 0.1) is 21.8 Å². The largest absolute Gasteiger partial charge is 0.348 e. The van der Waals surface area contributed by atoms with E-state index >= 15 is 0 Å². The van der Waals surface area contributed by atoms with Crippen LogP contribution in [0.4, 0.5) is 10.1 Å². The predicted octanol–water partition coefficient (Wildman–Crippen LogP) is 2.26. The van der Waals surface area contributed by atoms with Gasteiger partial charge in [0.15, 0.2) is 0 Å². The van der Waals surface area contributed by atoms with Crippen molar-refractivity contribution in [1.29, 1.82) is 0 Å². The summed E-state index contributed by atoms with van der Waals surface area (Å²) in [4.78, 5) is 22.2. The van der Waals surface area contributed by atoms with Gasteiger partial charge in [-0.1, -0.05) is 13.8 Å². The average Bonchev–Trinajstić information content (AvgIpc) is 2.36. The summed E-state index contributed by atoms with van der Waals surface area (Å²) in [5.41, 5.74) is 4.83. The summed E-state index contributed by atoms with van der Waals surface area (Å²) in [7, 11) is 0. The van der Waals surface area contributed by atoms with Crippen LogP contribution < -0.4 is 11.1 Å². The van der Waals surface area contributed by atoms with Crippen molar-refractivity contribution >= 4 is 24.0 Å². The summed E-state index contributed by atoms with van der Waals surface area (Å²) in [6.07, 6.45) is 0.644. The number of carbonyl (C=O) groups excluding carboxylic acids is 1. The number of benzene rings is 1. The molecule has 0 fully saturated rings. The van der Waals surface area contributed by atoms with E-state index in [0.29, 0.717) is 12.3 Å². The highest BCUT2D eigenvalue weighted by molar-refractivity contribution is 5.98. The molecule has 8 heteroatoms. The highest BCUT2D eigenvalue weighted by atomic mass is 35.5. The van der Waals surface area contributed by atoms with Gasteiger partial charge in [-0.05, 0) is 24.5 Å². The Balaban J connectivity index is 0.00000400. The summed E-state index contributed by atoms with van der Waals surface area (Å²) >= 11 is 0. The number of halogens is 2. The third kappa shape index (κ3) is 5.65. The lowest BCUT2D eigenvalue weighted by Gasteiger charge is -2.18. The number of nitro groups is 1. The molecule has 0 saturated heterocycles. The van der Waals surface area contributed by atoms with E-state index in [9.17, 15) is 19.3 Å². The van der Waals surface area contributed by atoms with Crippen molar-refractivity contribution in [2.24, 2.45) is 11.7 Å². The van der Waals surface area contributed by atoms with Crippen LogP contribution in [0.25, 0.3) is 0 Å². The number of amides is 1. The highest BCUT2D eigenvalue weighted by Gasteiger charge is 2.23. The fourth-order valence-electron chi connectivity index (χ4n) is 1.90. The van der Waals surface area contributed by atoms with E-state index in [0.717, 1.165) is 18.2 Å². The Labute approximate surface area is 128 Å². The molecule has 21 heavy (non-hydrogen) atoms. The van der Waals surface area contributed by atoms with Crippen LogP contribution in [-0.4, -0.2) is 23.4 Å². The number of rotatable bonds is 6. The minimum absolute atomic E-state index is 0. The second-order valence-electron chi connectivity index (χ2n) is 4.95. The molecule has 0 aliphatic rings. The lowest BCUT2D eigenvalue weighted by molar-refractivity contribution is -0.385. The lowest BCUT2D eigenvalue weighted by Crippen LogP contribution is -2.41. The van der Waals surface area contributed by atoms with Gasteiger partial charge >= 0.3 is 0 Å². The Morgan fingerprint density at radius 2 is 2.10 bits per heavy atom. The molecule has 0 aliphatic carbocycles. The number of nitrogens with one attached hydrogen (secondary N) is 1. The van der Waals surface area contributed by atoms with Crippen molar-refractivity contribution in [3.05, 3.63) is 39.7 Å². The van der Waals surface area contributed by atoms with Crippen LogP contribution in [0.15, 0.2) is 18.2 Å². The summed E-state index contributed by atoms with van der Waals surface area (Å²) in [6, 6.07) is 2.48. The van der Waals surface area contributed by atoms with Gasteiger partial charge in [-0.2, -0.15) is 0 Å². The second kappa shape index (κ2) is 8.53. The molecule has 0 saturated carbocycles. The van der Waals surface area contributed by atoms with E-state index in [1.165, 1.54) is 0 Å². The average molecular weight is 320 g/mol. The van der Waals surface area contributed by atoms with E-state index in [-0.39, 0.29) is 30.6 Å². The number of hydrogen-bond acceptors (Lipinski definition) is 4. The van der Waals surface area contributed by atoms with Crippen LogP contribution >= 0.6 is 12.4 Å². The topological polar surface area (TPSA) is 98.3 Å². The van der Waals surface area contributed by atoms with Crippen molar-refractivity contribution in [1.82, 2.24) is 5.32 Å². The molecule has 118 valence electrons. The van der Waals surface area contributed by atoms with E-state index in [1.54, 1.807) is 0 Å². The fraction of sp³-hybridized carbons (Fsp3) is 0.462. The zero-order valence-electron chi connectivity index (χ0n) is 11.8. The third-order valence-electron chi connectivity index (χ3n) is 2.78. The van der Waals surface area contributed by atoms with Crippen molar-refractivity contribution in [3.8, 4) is 0 Å². The Hall–Kier alpha value is -1.73. The number of nitrogens with two attached hydrogens (primary N) is 1. The predicted molar refractivity (Wildman–Crippen MR) is 80.1 cm³/mol. The van der Waals surface area contributed by atoms with Gasteiger partial charge in [0, 0.05) is 18.7 Å². The molecule has 6 nitrogen and oxygen atoms in total. The molecule has 1 amide bonds. The number of carbonyl (C=O) groups is 1. The molecule has 0 radical (unpaired) electrons. The molecular weight excluding hydrogens is 301 g/mol. The smallest absolute Gasteiger partial charge is 0.282 e. The van der Waals surface area contributed by atoms with Gasteiger partial charge in [0.2, 0.25) is 0 Å². The van der Waals surface area contributed by atoms with Crippen LogP contribution in [0.3, 0.4) is 0 Å². The van der Waals surface area contributed by atoms with Gasteiger partial charge in [-0.15, -0.1) is 12.4 Å². The highest BCUT2D eigenvalue weighted by Crippen LogP contribution is 2.19. The summed E-state index contributed by atoms with van der Waals surface area (Å²) in [6.45, 7) is 4.16. The van der Waals surface area contributed by atoms with E-state index < -0.39 is 22.3 Å². The molecule has 0 bridgehead atoms. The maximum Gasteiger partial charge on any atom is 0.282 e. The maximum absolute atomic E-state index is 13.2. The lowest BCUT2D eigenvalue weighted by atomic mass is 10.0. The quantitative estimate of drug-likeness (QED) is 0.620. The van der Waals surface area contributed by atoms with E-state index in [2.05, 4.69) is 5.32 Å². The summed E-state index contributed by atoms with van der Waals surface area (Å²) in [5, 5.41) is 13.5. The molecule has 3 N–H and O–H groups in total. The molecule has 1 aromatic rings. The molecule has 0 heterocycles. The zero-order chi connectivity index (χ0) is 15.3. The zero-order valence-corrected chi connectivity index (χ0v) is 12.7. The molecule has 0 aliphatic heterocycles. The van der Waals surface area contributed by atoms with E-state index in [1.807, 2.05) is 13.8 Å². The van der Waals surface area contributed by atoms with Gasteiger partial charge in [0.1, 0.15) is 11.4 Å². The molecule has 0 aromatic heterocycles. The van der Waals surface area contributed by atoms with Gasteiger partial charge in [0.05, 0.1) is 4.92 Å². The first-order valence-corrected chi connectivity index (χ1v) is 6.30. The second-order valence-corrected chi connectivity index (χ2v) is 4.95. The third-order valence-corrected chi connectivity index (χ3v) is 2.78. The molecular formula is C13H19ClFN3O3. The molecule has 1 aromatic carbocycles. The summed E-state index contributed by atoms with van der Waals surface area (Å²) in [5.74, 6) is -1.08. The van der Waals surface area contributed by atoms with Crippen LogP contribution in [0.1, 0.15) is 30.6 Å². The van der Waals surface area contributed by atoms with Gasteiger partial charge in [-0.3, -0.25) is 14.9 Å². The van der Waals surface area contributed by atoms with Crippen molar-refractivity contribution in [2.75, 3.05) is 6.54 Å². The Bertz CT molecular complexity index is 511. The first-order chi connectivity index (χ1) is 9.35. The monoisotopic (exact) mass is 319 g/mol. The molecule has 1 atom stereocenters. The van der Waals surface area contributed by atoms with Crippen LogP contribution in [0.2, 0.25) is 0 Å². The SMILES string of the molecule is CC(C)CC(CN)NC(=O)c1cc(F)ccc1[N+](=O)[O-].Cl. The van der Waals surface area contributed by atoms with Crippen molar-refractivity contribution in [2.45, 2.75) is 26.3 Å². The van der Waals surface area contributed by atoms with Crippen molar-refractivity contribution in [3.63, 3.8) is 0 Å². The van der Waals surface area contributed by atoms with Crippen LogP contribution in [0.5, 0.6) is 0 Å². The van der Waals surface area contributed by atoms with Crippen LogP contribution in [-0.2, 0) is 0 Å². The molecule has 0 spiro atoms. The number of nitrogens with zero attached hydrogens (tertiary/aromatic N) is 1. The normalized spacial score (nSPS) is 11.7. The number of hydrogen-bond donors (Lipinski definition) is 2. The maximum atomic E-state index is 13.2.